The molecule has 0 aliphatic rings. The van der Waals surface area contributed by atoms with Gasteiger partial charge in [-0.3, -0.25) is 4.79 Å². The van der Waals surface area contributed by atoms with Crippen molar-refractivity contribution >= 4 is 15.7 Å². The number of carbonyl (C=O) groups excluding carboxylic acids is 1. The highest BCUT2D eigenvalue weighted by molar-refractivity contribution is 7.90. The number of amides is 1. The van der Waals surface area contributed by atoms with Crippen LogP contribution >= 0.6 is 0 Å². The molecule has 1 N–H and O–H groups in total. The molecule has 0 aliphatic heterocycles. The van der Waals surface area contributed by atoms with Gasteiger partial charge in [0.05, 0.1) is 5.75 Å². The Hall–Kier alpha value is -1.64. The molecule has 0 aliphatic carbocycles. The molecular formula is C12H13F4NO3S. The molecule has 1 aromatic rings. The molecule has 0 saturated carbocycles. The molecule has 0 aromatic heterocycles. The minimum atomic E-state index is -4.78. The molecule has 1 atom stereocenters. The van der Waals surface area contributed by atoms with Gasteiger partial charge in [-0.25, -0.2) is 12.8 Å². The first kappa shape index (κ1) is 17.4. The first-order chi connectivity index (χ1) is 9.49. The van der Waals surface area contributed by atoms with Crippen LogP contribution in [0.5, 0.6) is 0 Å². The number of hydrogen-bond donors (Lipinski definition) is 1. The van der Waals surface area contributed by atoms with E-state index in [2.05, 4.69) is 0 Å². The number of halogens is 4. The summed E-state index contributed by atoms with van der Waals surface area (Å²) in [4.78, 5) is 11.4. The largest absolute Gasteiger partial charge is 0.412 e. The highest BCUT2D eigenvalue weighted by atomic mass is 32.2. The van der Waals surface area contributed by atoms with Crippen molar-refractivity contribution in [2.45, 2.75) is 18.6 Å². The van der Waals surface area contributed by atoms with Crippen molar-refractivity contribution in [3.8, 4) is 0 Å². The van der Waals surface area contributed by atoms with Crippen LogP contribution in [-0.4, -0.2) is 32.5 Å². The summed E-state index contributed by atoms with van der Waals surface area (Å²) >= 11 is 0. The fraction of sp³-hybridized carbons (Fsp3) is 0.417. The molecule has 1 amide bonds. The van der Waals surface area contributed by atoms with Crippen LogP contribution in [0.2, 0.25) is 0 Å². The Morgan fingerprint density at radius 1 is 1.24 bits per heavy atom. The van der Waals surface area contributed by atoms with E-state index in [9.17, 15) is 30.8 Å². The maximum atomic E-state index is 12.9. The number of alkyl halides is 3. The molecule has 0 fully saturated rings. The highest BCUT2D eigenvalue weighted by Crippen LogP contribution is 2.32. The van der Waals surface area contributed by atoms with E-state index in [1.54, 1.807) is 5.32 Å². The van der Waals surface area contributed by atoms with Gasteiger partial charge in [0.1, 0.15) is 15.7 Å². The number of carbonyl (C=O) groups is 1. The molecule has 0 bridgehead atoms. The van der Waals surface area contributed by atoms with Crippen molar-refractivity contribution in [1.82, 2.24) is 5.32 Å². The molecule has 1 rings (SSSR count). The molecule has 118 valence electrons. The van der Waals surface area contributed by atoms with Crippen molar-refractivity contribution in [1.29, 1.82) is 0 Å². The summed E-state index contributed by atoms with van der Waals surface area (Å²) in [6, 6.07) is 1.19. The van der Waals surface area contributed by atoms with Crippen LogP contribution in [0.25, 0.3) is 0 Å². The van der Waals surface area contributed by atoms with E-state index in [0.717, 1.165) is 30.5 Å². The zero-order valence-electron chi connectivity index (χ0n) is 10.9. The van der Waals surface area contributed by atoms with Gasteiger partial charge in [0.25, 0.3) is 0 Å². The monoisotopic (exact) mass is 327 g/mol. The van der Waals surface area contributed by atoms with Crippen LogP contribution < -0.4 is 5.32 Å². The van der Waals surface area contributed by atoms with Gasteiger partial charge < -0.3 is 5.32 Å². The topological polar surface area (TPSA) is 63.2 Å². The lowest BCUT2D eigenvalue weighted by molar-refractivity contribution is -0.163. The lowest BCUT2D eigenvalue weighted by atomic mass is 10.1. The van der Waals surface area contributed by atoms with Crippen LogP contribution in [0, 0.1) is 5.82 Å². The summed E-state index contributed by atoms with van der Waals surface area (Å²) in [5.41, 5.74) is -0.336. The van der Waals surface area contributed by atoms with E-state index >= 15 is 0 Å². The van der Waals surface area contributed by atoms with Gasteiger partial charge in [0.15, 0.2) is 6.04 Å². The molecule has 9 heteroatoms. The maximum absolute atomic E-state index is 12.9. The summed E-state index contributed by atoms with van der Waals surface area (Å²) in [6.45, 7) is 0. The van der Waals surface area contributed by atoms with Gasteiger partial charge in [-0.1, -0.05) is 12.1 Å². The lowest BCUT2D eigenvalue weighted by Crippen LogP contribution is -2.38. The van der Waals surface area contributed by atoms with Gasteiger partial charge >= 0.3 is 6.18 Å². The smallest absolute Gasteiger partial charge is 0.341 e. The zero-order chi connectivity index (χ0) is 16.3. The first-order valence-electron chi connectivity index (χ1n) is 5.78. The molecule has 0 spiro atoms. The Morgan fingerprint density at radius 3 is 2.19 bits per heavy atom. The summed E-state index contributed by atoms with van der Waals surface area (Å²) in [7, 11) is -3.45. The van der Waals surface area contributed by atoms with Gasteiger partial charge in [0, 0.05) is 12.7 Å². The number of rotatable bonds is 5. The average Bonchev–Trinajstić information content (AvgIpc) is 2.32. The Morgan fingerprint density at radius 2 is 1.76 bits per heavy atom. The number of nitrogens with one attached hydrogen (secondary N) is 1. The second kappa shape index (κ2) is 6.42. The standard InChI is InChI=1S/C12H13F4NO3S/c1-21(19,20)7-6-10(18)17-11(12(14,15)16)8-2-4-9(13)5-3-8/h2-5,11H,6-7H2,1H3,(H,17,18). The van der Waals surface area contributed by atoms with Crippen molar-refractivity contribution in [3.63, 3.8) is 0 Å². The summed E-state index contributed by atoms with van der Waals surface area (Å²) in [5.74, 6) is -2.30. The molecule has 4 nitrogen and oxygen atoms in total. The summed E-state index contributed by atoms with van der Waals surface area (Å²) in [6.07, 6.45) is -4.48. The Kier molecular flexibility index (Phi) is 5.32. The molecule has 0 radical (unpaired) electrons. The van der Waals surface area contributed by atoms with Gasteiger partial charge in [-0.2, -0.15) is 13.2 Å². The molecular weight excluding hydrogens is 314 g/mol. The Balaban J connectivity index is 2.85. The van der Waals surface area contributed by atoms with E-state index in [1.807, 2.05) is 0 Å². The fourth-order valence-electron chi connectivity index (χ4n) is 1.52. The third kappa shape index (κ3) is 6.11. The van der Waals surface area contributed by atoms with Crippen LogP contribution in [0.15, 0.2) is 24.3 Å². The molecule has 1 aromatic carbocycles. The van der Waals surface area contributed by atoms with Gasteiger partial charge in [0.2, 0.25) is 5.91 Å². The molecule has 0 heterocycles. The van der Waals surface area contributed by atoms with Gasteiger partial charge in [-0.05, 0) is 17.7 Å². The van der Waals surface area contributed by atoms with Crippen molar-refractivity contribution in [2.24, 2.45) is 0 Å². The van der Waals surface area contributed by atoms with E-state index in [4.69, 9.17) is 0 Å². The average molecular weight is 327 g/mol. The predicted octanol–water partition coefficient (Wildman–Crippen LogP) is 1.98. The fourth-order valence-corrected chi connectivity index (χ4v) is 2.08. The zero-order valence-corrected chi connectivity index (χ0v) is 11.8. The van der Waals surface area contributed by atoms with Crippen LogP contribution in [0.3, 0.4) is 0 Å². The number of sulfone groups is 1. The Labute approximate surface area is 119 Å². The summed E-state index contributed by atoms with van der Waals surface area (Å²) < 4.78 is 73.2. The minimum Gasteiger partial charge on any atom is -0.341 e. The van der Waals surface area contributed by atoms with Gasteiger partial charge in [-0.15, -0.1) is 0 Å². The second-order valence-corrected chi connectivity index (χ2v) is 6.73. The highest BCUT2D eigenvalue weighted by Gasteiger charge is 2.41. The second-order valence-electron chi connectivity index (χ2n) is 4.47. The number of benzene rings is 1. The van der Waals surface area contributed by atoms with E-state index in [1.165, 1.54) is 0 Å². The third-order valence-corrected chi connectivity index (χ3v) is 3.48. The lowest BCUT2D eigenvalue weighted by Gasteiger charge is -2.22. The first-order valence-corrected chi connectivity index (χ1v) is 7.84. The molecule has 21 heavy (non-hydrogen) atoms. The molecule has 0 saturated heterocycles. The maximum Gasteiger partial charge on any atom is 0.412 e. The quantitative estimate of drug-likeness (QED) is 0.841. The van der Waals surface area contributed by atoms with Crippen LogP contribution in [0.4, 0.5) is 17.6 Å². The minimum absolute atomic E-state index is 0.336. The van der Waals surface area contributed by atoms with E-state index < -0.39 is 46.0 Å². The van der Waals surface area contributed by atoms with Crippen molar-refractivity contribution < 1.29 is 30.8 Å². The van der Waals surface area contributed by atoms with E-state index in [0.29, 0.717) is 0 Å². The third-order valence-electron chi connectivity index (χ3n) is 2.54. The van der Waals surface area contributed by atoms with Crippen molar-refractivity contribution in [3.05, 3.63) is 35.6 Å². The van der Waals surface area contributed by atoms with E-state index in [-0.39, 0.29) is 5.56 Å². The summed E-state index contributed by atoms with van der Waals surface area (Å²) in [5, 5.41) is 1.71. The van der Waals surface area contributed by atoms with Crippen LogP contribution in [0.1, 0.15) is 18.0 Å². The van der Waals surface area contributed by atoms with Crippen LogP contribution in [-0.2, 0) is 14.6 Å². The number of hydrogen-bond acceptors (Lipinski definition) is 3. The SMILES string of the molecule is CS(=O)(=O)CCC(=O)NC(c1ccc(F)cc1)C(F)(F)F. The Bertz CT molecular complexity index is 596. The predicted molar refractivity (Wildman–Crippen MR) is 67.7 cm³/mol. The molecule has 1 unspecified atom stereocenters. The normalized spacial score (nSPS) is 13.8. The van der Waals surface area contributed by atoms with Crippen molar-refractivity contribution in [2.75, 3.05) is 12.0 Å².